The van der Waals surface area contributed by atoms with Gasteiger partial charge in [0.1, 0.15) is 23.9 Å². The van der Waals surface area contributed by atoms with E-state index in [1.807, 2.05) is 30.3 Å². The molecule has 0 unspecified atom stereocenters. The number of rotatable bonds is 6. The number of benzene rings is 3. The summed E-state index contributed by atoms with van der Waals surface area (Å²) < 4.78 is 11.2. The molecule has 0 radical (unpaired) electrons. The van der Waals surface area contributed by atoms with Gasteiger partial charge < -0.3 is 20.3 Å². The minimum atomic E-state index is -0.455. The molecule has 0 aromatic heterocycles. The molecule has 0 heterocycles. The summed E-state index contributed by atoms with van der Waals surface area (Å²) in [6.45, 7) is 0.348. The average molecular weight is 349 g/mol. The molecule has 1 amide bonds. The predicted molar refractivity (Wildman–Crippen MR) is 99.4 cm³/mol. The first kappa shape index (κ1) is 17.4. The summed E-state index contributed by atoms with van der Waals surface area (Å²) in [6, 6.07) is 19.5. The lowest BCUT2D eigenvalue weighted by molar-refractivity contribution is 0.1000. The van der Waals surface area contributed by atoms with Crippen LogP contribution in [0.4, 0.5) is 0 Å². The second-order valence-corrected chi connectivity index (χ2v) is 5.79. The maximum absolute atomic E-state index is 11.1. The van der Waals surface area contributed by atoms with Gasteiger partial charge in [-0.25, -0.2) is 0 Å². The van der Waals surface area contributed by atoms with E-state index in [1.54, 1.807) is 43.5 Å². The molecule has 0 atom stereocenters. The zero-order valence-corrected chi connectivity index (χ0v) is 14.3. The lowest BCUT2D eigenvalue weighted by Crippen LogP contribution is -2.10. The Hall–Kier alpha value is -3.47. The molecule has 3 rings (SSSR count). The van der Waals surface area contributed by atoms with Crippen molar-refractivity contribution < 1.29 is 19.4 Å². The molecule has 3 aromatic carbocycles. The first-order valence-corrected chi connectivity index (χ1v) is 8.05. The fourth-order valence-electron chi connectivity index (χ4n) is 2.53. The molecule has 5 nitrogen and oxygen atoms in total. The summed E-state index contributed by atoms with van der Waals surface area (Å²) in [5, 5.41) is 9.44. The lowest BCUT2D eigenvalue weighted by Gasteiger charge is -2.11. The number of primary amides is 1. The Balaban J connectivity index is 1.79. The van der Waals surface area contributed by atoms with E-state index >= 15 is 0 Å². The number of carbonyl (C=O) groups is 1. The van der Waals surface area contributed by atoms with Crippen LogP contribution in [0.25, 0.3) is 11.1 Å². The molecule has 0 fully saturated rings. The van der Waals surface area contributed by atoms with Gasteiger partial charge in [0.05, 0.1) is 7.11 Å². The molecule has 0 aliphatic carbocycles. The molecule has 132 valence electrons. The molecule has 0 aliphatic rings. The lowest BCUT2D eigenvalue weighted by atomic mass is 10.0. The van der Waals surface area contributed by atoms with Crippen LogP contribution in [0.5, 0.6) is 17.2 Å². The third kappa shape index (κ3) is 4.13. The number of hydrogen-bond donors (Lipinski definition) is 2. The van der Waals surface area contributed by atoms with Gasteiger partial charge in [0.25, 0.3) is 0 Å². The van der Waals surface area contributed by atoms with Crippen molar-refractivity contribution in [2.45, 2.75) is 6.61 Å². The van der Waals surface area contributed by atoms with Crippen molar-refractivity contribution in [1.29, 1.82) is 0 Å². The minimum absolute atomic E-state index is 0.215. The van der Waals surface area contributed by atoms with E-state index in [-0.39, 0.29) is 5.75 Å². The second kappa shape index (κ2) is 7.61. The van der Waals surface area contributed by atoms with Gasteiger partial charge >= 0.3 is 0 Å². The number of phenolic OH excluding ortho intramolecular Hbond substituents is 1. The second-order valence-electron chi connectivity index (χ2n) is 5.79. The Bertz CT molecular complexity index is 902. The van der Waals surface area contributed by atoms with E-state index < -0.39 is 5.91 Å². The molecule has 0 saturated heterocycles. The summed E-state index contributed by atoms with van der Waals surface area (Å²) in [5.74, 6) is 1.09. The van der Waals surface area contributed by atoms with Crippen molar-refractivity contribution >= 4 is 5.91 Å². The van der Waals surface area contributed by atoms with Gasteiger partial charge in [-0.2, -0.15) is 0 Å². The Kier molecular flexibility index (Phi) is 5.08. The highest BCUT2D eigenvalue weighted by Crippen LogP contribution is 2.31. The van der Waals surface area contributed by atoms with Crippen molar-refractivity contribution in [2.24, 2.45) is 5.73 Å². The van der Waals surface area contributed by atoms with E-state index in [2.05, 4.69) is 0 Å². The highest BCUT2D eigenvalue weighted by molar-refractivity contribution is 5.92. The molecule has 0 bridgehead atoms. The fraction of sp³-hybridized carbons (Fsp3) is 0.0952. The standard InChI is InChI=1S/C21H19NO4/c1-25-19-10-17(15-6-8-18(23)9-7-15)11-20(12-19)26-13-14-2-4-16(5-3-14)21(22)24/h2-12,23H,13H2,1H3,(H2,22,24). The van der Waals surface area contributed by atoms with Crippen molar-refractivity contribution in [3.8, 4) is 28.4 Å². The number of ether oxygens (including phenoxy) is 2. The normalized spacial score (nSPS) is 10.3. The number of phenols is 1. The van der Waals surface area contributed by atoms with E-state index in [1.165, 1.54) is 0 Å². The van der Waals surface area contributed by atoms with Crippen LogP contribution in [0, 0.1) is 0 Å². The first-order chi connectivity index (χ1) is 12.5. The van der Waals surface area contributed by atoms with Gasteiger partial charge in [0, 0.05) is 11.6 Å². The highest BCUT2D eigenvalue weighted by atomic mass is 16.5. The van der Waals surface area contributed by atoms with Crippen molar-refractivity contribution in [2.75, 3.05) is 7.11 Å². The maximum Gasteiger partial charge on any atom is 0.248 e. The van der Waals surface area contributed by atoms with Crippen molar-refractivity contribution in [3.63, 3.8) is 0 Å². The van der Waals surface area contributed by atoms with Crippen LogP contribution >= 0.6 is 0 Å². The van der Waals surface area contributed by atoms with Gasteiger partial charge in [-0.05, 0) is 53.1 Å². The number of methoxy groups -OCH3 is 1. The van der Waals surface area contributed by atoms with Crippen molar-refractivity contribution in [1.82, 2.24) is 0 Å². The van der Waals surface area contributed by atoms with Gasteiger partial charge in [-0.1, -0.05) is 24.3 Å². The van der Waals surface area contributed by atoms with E-state index in [0.29, 0.717) is 23.7 Å². The SMILES string of the molecule is COc1cc(OCc2ccc(C(N)=O)cc2)cc(-c2ccc(O)cc2)c1. The number of hydrogen-bond acceptors (Lipinski definition) is 4. The Morgan fingerprint density at radius 3 is 2.19 bits per heavy atom. The Labute approximate surface area is 151 Å². The molecule has 3 aromatic rings. The van der Waals surface area contributed by atoms with Crippen molar-refractivity contribution in [3.05, 3.63) is 77.9 Å². The van der Waals surface area contributed by atoms with E-state index in [9.17, 15) is 9.90 Å². The zero-order chi connectivity index (χ0) is 18.5. The molecule has 3 N–H and O–H groups in total. The molecule has 5 heteroatoms. The summed E-state index contributed by atoms with van der Waals surface area (Å²) in [6.07, 6.45) is 0. The van der Waals surface area contributed by atoms with Crippen LogP contribution in [0.2, 0.25) is 0 Å². The predicted octanol–water partition coefficient (Wildman–Crippen LogP) is 3.75. The van der Waals surface area contributed by atoms with Crippen LogP contribution < -0.4 is 15.2 Å². The molecular weight excluding hydrogens is 330 g/mol. The van der Waals surface area contributed by atoms with E-state index in [0.717, 1.165) is 16.7 Å². The van der Waals surface area contributed by atoms with Crippen LogP contribution in [-0.4, -0.2) is 18.1 Å². The average Bonchev–Trinajstić information content (AvgIpc) is 2.67. The van der Waals surface area contributed by atoms with Crippen LogP contribution in [0.3, 0.4) is 0 Å². The van der Waals surface area contributed by atoms with E-state index in [4.69, 9.17) is 15.2 Å². The molecule has 0 aliphatic heterocycles. The summed E-state index contributed by atoms with van der Waals surface area (Å²) >= 11 is 0. The van der Waals surface area contributed by atoms with Crippen LogP contribution in [-0.2, 0) is 6.61 Å². The topological polar surface area (TPSA) is 81.8 Å². The van der Waals surface area contributed by atoms with Gasteiger partial charge in [0.2, 0.25) is 5.91 Å². The molecule has 0 spiro atoms. The smallest absolute Gasteiger partial charge is 0.248 e. The van der Waals surface area contributed by atoms with Crippen LogP contribution in [0.15, 0.2) is 66.7 Å². The first-order valence-electron chi connectivity index (χ1n) is 8.05. The monoisotopic (exact) mass is 349 g/mol. The Morgan fingerprint density at radius 2 is 1.58 bits per heavy atom. The highest BCUT2D eigenvalue weighted by Gasteiger charge is 2.06. The quantitative estimate of drug-likeness (QED) is 0.710. The van der Waals surface area contributed by atoms with Gasteiger partial charge in [-0.15, -0.1) is 0 Å². The maximum atomic E-state index is 11.1. The summed E-state index contributed by atoms with van der Waals surface area (Å²) in [7, 11) is 1.60. The summed E-state index contributed by atoms with van der Waals surface area (Å²) in [4.78, 5) is 11.1. The zero-order valence-electron chi connectivity index (χ0n) is 14.3. The number of nitrogens with two attached hydrogens (primary N) is 1. The molecule has 0 saturated carbocycles. The number of aromatic hydroxyl groups is 1. The third-order valence-corrected chi connectivity index (χ3v) is 3.96. The number of amides is 1. The van der Waals surface area contributed by atoms with Gasteiger partial charge in [0.15, 0.2) is 0 Å². The van der Waals surface area contributed by atoms with Gasteiger partial charge in [-0.3, -0.25) is 4.79 Å². The number of carbonyl (C=O) groups excluding carboxylic acids is 1. The fourth-order valence-corrected chi connectivity index (χ4v) is 2.53. The molecule has 26 heavy (non-hydrogen) atoms. The third-order valence-electron chi connectivity index (χ3n) is 3.96. The summed E-state index contributed by atoms with van der Waals surface area (Å²) in [5.41, 5.74) is 8.49. The largest absolute Gasteiger partial charge is 0.508 e. The molecular formula is C21H19NO4. The minimum Gasteiger partial charge on any atom is -0.508 e. The Morgan fingerprint density at radius 1 is 0.923 bits per heavy atom. The van der Waals surface area contributed by atoms with Crippen LogP contribution in [0.1, 0.15) is 15.9 Å².